The molecule has 0 saturated carbocycles. The van der Waals surface area contributed by atoms with Crippen molar-refractivity contribution in [2.75, 3.05) is 13.1 Å². The average Bonchev–Trinajstić information content (AvgIpc) is 2.54. The fourth-order valence-corrected chi connectivity index (χ4v) is 1.76. The van der Waals surface area contributed by atoms with E-state index in [9.17, 15) is 4.79 Å². The minimum Gasteiger partial charge on any atom is -0.481 e. The Morgan fingerprint density at radius 3 is 2.77 bits per heavy atom. The molecule has 1 atom stereocenters. The molecule has 1 rings (SSSR count). The van der Waals surface area contributed by atoms with Crippen molar-refractivity contribution in [2.45, 2.75) is 26.2 Å². The van der Waals surface area contributed by atoms with Gasteiger partial charge in [-0.1, -0.05) is 19.1 Å². The first kappa shape index (κ1) is 10.3. The fraction of sp³-hybridized carbons (Fsp3) is 0.700. The number of hydrogen-bond donors (Lipinski definition) is 2. The monoisotopic (exact) mass is 183 g/mol. The van der Waals surface area contributed by atoms with Gasteiger partial charge in [0.15, 0.2) is 0 Å². The Kier molecular flexibility index (Phi) is 3.09. The normalized spacial score (nSPS) is 27.5. The molecule has 0 aromatic heterocycles. The van der Waals surface area contributed by atoms with Crippen LogP contribution in [0.4, 0.5) is 0 Å². The van der Waals surface area contributed by atoms with Gasteiger partial charge in [0.25, 0.3) is 0 Å². The summed E-state index contributed by atoms with van der Waals surface area (Å²) in [7, 11) is 0. The van der Waals surface area contributed by atoms with Crippen LogP contribution in [0.25, 0.3) is 0 Å². The third-order valence-electron chi connectivity index (χ3n) is 2.79. The maximum atomic E-state index is 11.1. The van der Waals surface area contributed by atoms with E-state index in [-0.39, 0.29) is 0 Å². The molecule has 1 unspecified atom stereocenters. The summed E-state index contributed by atoms with van der Waals surface area (Å²) in [5, 5.41) is 12.2. The average molecular weight is 183 g/mol. The second-order valence-electron chi connectivity index (χ2n) is 3.79. The summed E-state index contributed by atoms with van der Waals surface area (Å²) in [5.41, 5.74) is 0.457. The van der Waals surface area contributed by atoms with Crippen LogP contribution >= 0.6 is 0 Å². The SMILES string of the molecule is C=C(CC)CC1(C(=O)O)CCNC1. The number of allylic oxidation sites excluding steroid dienone is 1. The molecule has 0 aromatic rings. The van der Waals surface area contributed by atoms with E-state index < -0.39 is 11.4 Å². The predicted molar refractivity (Wildman–Crippen MR) is 51.6 cm³/mol. The van der Waals surface area contributed by atoms with E-state index in [1.807, 2.05) is 6.92 Å². The lowest BCUT2D eigenvalue weighted by molar-refractivity contribution is -0.147. The molecule has 1 heterocycles. The van der Waals surface area contributed by atoms with Gasteiger partial charge in [0.1, 0.15) is 0 Å². The quantitative estimate of drug-likeness (QED) is 0.648. The molecule has 13 heavy (non-hydrogen) atoms. The van der Waals surface area contributed by atoms with Crippen LogP contribution in [0, 0.1) is 5.41 Å². The van der Waals surface area contributed by atoms with Gasteiger partial charge in [-0.05, 0) is 25.8 Å². The van der Waals surface area contributed by atoms with Gasteiger partial charge in [-0.3, -0.25) is 4.79 Å². The van der Waals surface area contributed by atoms with Crippen molar-refractivity contribution in [1.82, 2.24) is 5.32 Å². The number of nitrogens with one attached hydrogen (secondary N) is 1. The summed E-state index contributed by atoms with van der Waals surface area (Å²) in [5.74, 6) is -0.688. The molecule has 1 aliphatic heterocycles. The van der Waals surface area contributed by atoms with Crippen molar-refractivity contribution in [1.29, 1.82) is 0 Å². The number of carbonyl (C=O) groups is 1. The van der Waals surface area contributed by atoms with Crippen molar-refractivity contribution < 1.29 is 9.90 Å². The van der Waals surface area contributed by atoms with Crippen molar-refractivity contribution in [3.8, 4) is 0 Å². The van der Waals surface area contributed by atoms with Crippen LogP contribution in [0.3, 0.4) is 0 Å². The van der Waals surface area contributed by atoms with E-state index in [0.717, 1.165) is 25.0 Å². The summed E-state index contributed by atoms with van der Waals surface area (Å²) < 4.78 is 0. The van der Waals surface area contributed by atoms with Crippen LogP contribution in [-0.2, 0) is 4.79 Å². The van der Waals surface area contributed by atoms with Gasteiger partial charge in [0.2, 0.25) is 0 Å². The molecule has 3 nitrogen and oxygen atoms in total. The number of carboxylic acids is 1. The Morgan fingerprint density at radius 1 is 1.69 bits per heavy atom. The second-order valence-corrected chi connectivity index (χ2v) is 3.79. The number of carboxylic acid groups (broad SMARTS) is 1. The molecule has 0 spiro atoms. The third kappa shape index (κ3) is 2.10. The molecular formula is C10H17NO2. The molecule has 1 fully saturated rings. The van der Waals surface area contributed by atoms with E-state index in [1.165, 1.54) is 0 Å². The molecule has 0 amide bonds. The van der Waals surface area contributed by atoms with E-state index in [1.54, 1.807) is 0 Å². The Balaban J connectivity index is 2.68. The van der Waals surface area contributed by atoms with Crippen LogP contribution in [-0.4, -0.2) is 24.2 Å². The summed E-state index contributed by atoms with van der Waals surface area (Å²) in [6, 6.07) is 0. The Morgan fingerprint density at radius 2 is 2.38 bits per heavy atom. The van der Waals surface area contributed by atoms with Gasteiger partial charge < -0.3 is 10.4 Å². The topological polar surface area (TPSA) is 49.3 Å². The van der Waals surface area contributed by atoms with E-state index in [2.05, 4.69) is 11.9 Å². The molecular weight excluding hydrogens is 166 g/mol. The second kappa shape index (κ2) is 3.92. The van der Waals surface area contributed by atoms with Gasteiger partial charge in [-0.15, -0.1) is 0 Å². The molecule has 0 aromatic carbocycles. The van der Waals surface area contributed by atoms with Crippen molar-refractivity contribution in [3.63, 3.8) is 0 Å². The molecule has 3 heteroatoms. The zero-order valence-corrected chi connectivity index (χ0v) is 8.10. The summed E-state index contributed by atoms with van der Waals surface area (Å²) in [6.45, 7) is 7.28. The summed E-state index contributed by atoms with van der Waals surface area (Å²) in [4.78, 5) is 11.1. The zero-order chi connectivity index (χ0) is 9.90. The number of aliphatic carboxylic acids is 1. The minimum absolute atomic E-state index is 0.576. The maximum Gasteiger partial charge on any atom is 0.311 e. The Labute approximate surface area is 78.8 Å². The largest absolute Gasteiger partial charge is 0.481 e. The van der Waals surface area contributed by atoms with Crippen LogP contribution in [0.15, 0.2) is 12.2 Å². The van der Waals surface area contributed by atoms with Gasteiger partial charge in [0.05, 0.1) is 5.41 Å². The Bertz CT molecular complexity index is 217. The minimum atomic E-state index is -0.688. The molecule has 74 valence electrons. The molecule has 0 bridgehead atoms. The highest BCUT2D eigenvalue weighted by Crippen LogP contribution is 2.33. The lowest BCUT2D eigenvalue weighted by Gasteiger charge is -2.23. The highest BCUT2D eigenvalue weighted by molar-refractivity contribution is 5.75. The van der Waals surface area contributed by atoms with Crippen LogP contribution in [0.5, 0.6) is 0 Å². The van der Waals surface area contributed by atoms with Crippen molar-refractivity contribution in [3.05, 3.63) is 12.2 Å². The third-order valence-corrected chi connectivity index (χ3v) is 2.79. The molecule has 1 aliphatic rings. The first-order chi connectivity index (χ1) is 6.10. The van der Waals surface area contributed by atoms with Crippen LogP contribution in [0.1, 0.15) is 26.2 Å². The van der Waals surface area contributed by atoms with Crippen LogP contribution in [0.2, 0.25) is 0 Å². The number of hydrogen-bond acceptors (Lipinski definition) is 2. The van der Waals surface area contributed by atoms with Gasteiger partial charge >= 0.3 is 5.97 Å². The number of rotatable bonds is 4. The van der Waals surface area contributed by atoms with Crippen LogP contribution < -0.4 is 5.32 Å². The van der Waals surface area contributed by atoms with Gasteiger partial charge in [-0.2, -0.15) is 0 Å². The van der Waals surface area contributed by atoms with E-state index >= 15 is 0 Å². The zero-order valence-electron chi connectivity index (χ0n) is 8.10. The lowest BCUT2D eigenvalue weighted by atomic mass is 9.80. The maximum absolute atomic E-state index is 11.1. The smallest absolute Gasteiger partial charge is 0.311 e. The summed E-state index contributed by atoms with van der Waals surface area (Å²) >= 11 is 0. The fourth-order valence-electron chi connectivity index (χ4n) is 1.76. The van der Waals surface area contributed by atoms with E-state index in [4.69, 9.17) is 5.11 Å². The highest BCUT2D eigenvalue weighted by Gasteiger charge is 2.41. The molecule has 1 saturated heterocycles. The highest BCUT2D eigenvalue weighted by atomic mass is 16.4. The Hall–Kier alpha value is -0.830. The lowest BCUT2D eigenvalue weighted by Crippen LogP contribution is -2.33. The van der Waals surface area contributed by atoms with Gasteiger partial charge in [0, 0.05) is 6.54 Å². The predicted octanol–water partition coefficient (Wildman–Crippen LogP) is 1.41. The molecule has 0 aliphatic carbocycles. The molecule has 2 N–H and O–H groups in total. The van der Waals surface area contributed by atoms with E-state index in [0.29, 0.717) is 13.0 Å². The van der Waals surface area contributed by atoms with Gasteiger partial charge in [-0.25, -0.2) is 0 Å². The first-order valence-electron chi connectivity index (χ1n) is 4.71. The first-order valence-corrected chi connectivity index (χ1v) is 4.71. The standard InChI is InChI=1S/C10H17NO2/c1-3-8(2)6-10(9(12)13)4-5-11-7-10/h11H,2-7H2,1H3,(H,12,13). The molecule has 0 radical (unpaired) electrons. The van der Waals surface area contributed by atoms with Crippen molar-refractivity contribution >= 4 is 5.97 Å². The van der Waals surface area contributed by atoms with Crippen molar-refractivity contribution in [2.24, 2.45) is 5.41 Å². The summed E-state index contributed by atoms with van der Waals surface area (Å²) in [6.07, 6.45) is 2.21.